The molecule has 8 N–H and O–H groups in total. The van der Waals surface area contributed by atoms with Gasteiger partial charge < -0.3 is 45.6 Å². The van der Waals surface area contributed by atoms with E-state index in [4.69, 9.17) is 4.74 Å². The number of aliphatic hydroxyl groups is 4. The molecule has 32 heavy (non-hydrogen) atoms. The fourth-order valence-electron chi connectivity index (χ4n) is 4.57. The number of rotatable bonds is 3. The van der Waals surface area contributed by atoms with Crippen molar-refractivity contribution >= 4 is 5.78 Å². The molecule has 1 saturated carbocycles. The van der Waals surface area contributed by atoms with Crippen molar-refractivity contribution in [2.75, 3.05) is 6.61 Å². The lowest BCUT2D eigenvalue weighted by Gasteiger charge is -2.41. The zero-order valence-corrected chi connectivity index (χ0v) is 16.8. The standard InChI is InChI=1S/C22H24O10/c23-7-9-3-10(20(30)21(31)19(9)29)17-13(26)5-14(27)18-15(28)6-16(32-22(17)18)8-1-2-11(24)12(25)4-8/h1-2,4-5,9-10,16,19-21,23-27,29-31H,3,6-7H2/t9?,10?,16-,19?,20?,21?/m1/s1. The smallest absolute Gasteiger partial charge is 0.174 e. The van der Waals surface area contributed by atoms with Crippen molar-refractivity contribution in [2.45, 2.75) is 43.2 Å². The van der Waals surface area contributed by atoms with Crippen LogP contribution in [0.4, 0.5) is 0 Å². The number of carbonyl (C=O) groups excluding carboxylic acids is 1. The van der Waals surface area contributed by atoms with Gasteiger partial charge in [0.25, 0.3) is 0 Å². The van der Waals surface area contributed by atoms with Gasteiger partial charge in [0, 0.05) is 30.1 Å². The van der Waals surface area contributed by atoms with E-state index < -0.39 is 65.9 Å². The third kappa shape index (κ3) is 3.51. The Morgan fingerprint density at radius 1 is 0.875 bits per heavy atom. The first kappa shape index (κ1) is 22.2. The first-order valence-corrected chi connectivity index (χ1v) is 10.1. The number of hydrogen-bond donors (Lipinski definition) is 8. The normalized spacial score (nSPS) is 29.9. The van der Waals surface area contributed by atoms with Crippen molar-refractivity contribution in [3.8, 4) is 28.7 Å². The molecular weight excluding hydrogens is 424 g/mol. The Kier molecular flexibility index (Phi) is 5.63. The fourth-order valence-corrected chi connectivity index (χ4v) is 4.57. The van der Waals surface area contributed by atoms with Crippen molar-refractivity contribution in [3.05, 3.63) is 41.0 Å². The van der Waals surface area contributed by atoms with Gasteiger partial charge in [-0.25, -0.2) is 0 Å². The minimum absolute atomic E-state index is 0.0388. The molecule has 0 saturated heterocycles. The van der Waals surface area contributed by atoms with E-state index in [1.807, 2.05) is 0 Å². The fraction of sp³-hybridized carbons (Fsp3) is 0.409. The molecule has 0 bridgehead atoms. The van der Waals surface area contributed by atoms with Crippen LogP contribution in [0.25, 0.3) is 0 Å². The molecule has 4 rings (SSSR count). The van der Waals surface area contributed by atoms with Crippen molar-refractivity contribution in [3.63, 3.8) is 0 Å². The van der Waals surface area contributed by atoms with E-state index in [2.05, 4.69) is 0 Å². The number of carbonyl (C=O) groups is 1. The van der Waals surface area contributed by atoms with E-state index in [0.29, 0.717) is 5.56 Å². The van der Waals surface area contributed by atoms with E-state index in [-0.39, 0.29) is 35.5 Å². The van der Waals surface area contributed by atoms with Gasteiger partial charge in [-0.3, -0.25) is 4.79 Å². The minimum atomic E-state index is -1.63. The summed E-state index contributed by atoms with van der Waals surface area (Å²) in [5.41, 5.74) is 0.0992. The number of aliphatic hydroxyl groups excluding tert-OH is 4. The van der Waals surface area contributed by atoms with Crippen LogP contribution in [0.2, 0.25) is 0 Å². The van der Waals surface area contributed by atoms with Crippen LogP contribution in [0.3, 0.4) is 0 Å². The number of phenols is 4. The molecule has 0 radical (unpaired) electrons. The topological polar surface area (TPSA) is 188 Å². The van der Waals surface area contributed by atoms with Gasteiger partial charge in [-0.1, -0.05) is 6.07 Å². The minimum Gasteiger partial charge on any atom is -0.507 e. The number of Topliss-reactive ketones (excluding diaryl/α,β-unsaturated/α-hetero) is 1. The van der Waals surface area contributed by atoms with Crippen molar-refractivity contribution in [1.29, 1.82) is 0 Å². The monoisotopic (exact) mass is 448 g/mol. The Labute approximate surface area is 182 Å². The average Bonchev–Trinajstić information content (AvgIpc) is 2.74. The highest BCUT2D eigenvalue weighted by Crippen LogP contribution is 2.51. The molecule has 0 aromatic heterocycles. The second kappa shape index (κ2) is 8.14. The zero-order chi connectivity index (χ0) is 23.3. The van der Waals surface area contributed by atoms with Crippen LogP contribution >= 0.6 is 0 Å². The number of ether oxygens (including phenoxy) is 1. The number of ketones is 1. The molecule has 10 nitrogen and oxygen atoms in total. The molecule has 2 aromatic rings. The highest BCUT2D eigenvalue weighted by Gasteiger charge is 2.46. The van der Waals surface area contributed by atoms with Crippen LogP contribution in [-0.2, 0) is 0 Å². The van der Waals surface area contributed by atoms with Crippen LogP contribution in [0.5, 0.6) is 28.7 Å². The van der Waals surface area contributed by atoms with Gasteiger partial charge in [0.1, 0.15) is 35.0 Å². The summed E-state index contributed by atoms with van der Waals surface area (Å²) in [6, 6.07) is 4.83. The van der Waals surface area contributed by atoms with E-state index in [9.17, 15) is 45.6 Å². The van der Waals surface area contributed by atoms with Crippen molar-refractivity contribution < 1.29 is 50.4 Å². The van der Waals surface area contributed by atoms with E-state index in [0.717, 1.165) is 6.07 Å². The predicted octanol–water partition coefficient (Wildman–Crippen LogP) is 0.394. The second-order valence-corrected chi connectivity index (χ2v) is 8.27. The Hall–Kier alpha value is -3.05. The maximum atomic E-state index is 12.9. The van der Waals surface area contributed by atoms with Gasteiger partial charge in [-0.2, -0.15) is 0 Å². The number of aromatic hydroxyl groups is 4. The third-order valence-electron chi connectivity index (χ3n) is 6.32. The summed E-state index contributed by atoms with van der Waals surface area (Å²) in [4.78, 5) is 12.9. The molecule has 1 aliphatic heterocycles. The molecule has 2 aromatic carbocycles. The van der Waals surface area contributed by atoms with Crippen LogP contribution in [0, 0.1) is 5.92 Å². The first-order chi connectivity index (χ1) is 15.1. The summed E-state index contributed by atoms with van der Waals surface area (Å²) in [6.45, 7) is -0.488. The molecule has 6 atom stereocenters. The molecule has 5 unspecified atom stereocenters. The number of hydrogen-bond acceptors (Lipinski definition) is 10. The predicted molar refractivity (Wildman–Crippen MR) is 108 cm³/mol. The lowest BCUT2D eigenvalue weighted by Crippen LogP contribution is -2.51. The van der Waals surface area contributed by atoms with Gasteiger partial charge in [0.05, 0.1) is 18.6 Å². The number of phenolic OH excluding ortho intramolecular Hbond substituents is 4. The van der Waals surface area contributed by atoms with Crippen molar-refractivity contribution in [1.82, 2.24) is 0 Å². The van der Waals surface area contributed by atoms with Crippen LogP contribution in [-0.4, -0.2) is 71.6 Å². The Bertz CT molecular complexity index is 1050. The molecule has 0 spiro atoms. The van der Waals surface area contributed by atoms with E-state index >= 15 is 0 Å². The lowest BCUT2D eigenvalue weighted by molar-refractivity contribution is -0.127. The Balaban J connectivity index is 1.82. The van der Waals surface area contributed by atoms with Crippen LogP contribution in [0.1, 0.15) is 46.3 Å². The highest BCUT2D eigenvalue weighted by molar-refractivity contribution is 6.03. The van der Waals surface area contributed by atoms with Gasteiger partial charge in [0.2, 0.25) is 0 Å². The molecule has 1 aliphatic carbocycles. The molecular formula is C22H24O10. The van der Waals surface area contributed by atoms with Crippen LogP contribution in [0.15, 0.2) is 24.3 Å². The number of fused-ring (bicyclic) bond motifs is 1. The molecule has 10 heteroatoms. The second-order valence-electron chi connectivity index (χ2n) is 8.27. The maximum absolute atomic E-state index is 12.9. The summed E-state index contributed by atoms with van der Waals surface area (Å²) in [5, 5.41) is 80.8. The molecule has 0 amide bonds. The largest absolute Gasteiger partial charge is 0.507 e. The Morgan fingerprint density at radius 3 is 2.25 bits per heavy atom. The molecule has 1 heterocycles. The summed E-state index contributed by atoms with van der Waals surface area (Å²) in [7, 11) is 0. The van der Waals surface area contributed by atoms with Crippen molar-refractivity contribution in [2.24, 2.45) is 5.92 Å². The molecule has 172 valence electrons. The van der Waals surface area contributed by atoms with E-state index in [1.165, 1.54) is 18.2 Å². The van der Waals surface area contributed by atoms with E-state index in [1.54, 1.807) is 0 Å². The summed E-state index contributed by atoms with van der Waals surface area (Å²) >= 11 is 0. The third-order valence-corrected chi connectivity index (χ3v) is 6.32. The highest BCUT2D eigenvalue weighted by atomic mass is 16.5. The summed E-state index contributed by atoms with van der Waals surface area (Å²) in [5.74, 6) is -4.36. The van der Waals surface area contributed by atoms with Gasteiger partial charge >= 0.3 is 0 Å². The van der Waals surface area contributed by atoms with Gasteiger partial charge in [0.15, 0.2) is 17.3 Å². The average molecular weight is 448 g/mol. The zero-order valence-electron chi connectivity index (χ0n) is 16.8. The summed E-state index contributed by atoms with van der Waals surface area (Å²) < 4.78 is 5.96. The first-order valence-electron chi connectivity index (χ1n) is 10.1. The Morgan fingerprint density at radius 2 is 1.59 bits per heavy atom. The SMILES string of the molecule is O=C1C[C@H](c2ccc(O)c(O)c2)Oc2c1c(O)cc(O)c2C1CC(CO)C(O)C(O)C1O. The quantitative estimate of drug-likeness (QED) is 0.305. The molecule has 2 aliphatic rings. The lowest BCUT2D eigenvalue weighted by atomic mass is 9.72. The van der Waals surface area contributed by atoms with Crippen LogP contribution < -0.4 is 4.74 Å². The maximum Gasteiger partial charge on any atom is 0.174 e. The summed E-state index contributed by atoms with van der Waals surface area (Å²) in [6.07, 6.45) is -5.75. The van der Waals surface area contributed by atoms with Gasteiger partial charge in [-0.05, 0) is 24.1 Å². The number of benzene rings is 2. The molecule has 1 fully saturated rings. The van der Waals surface area contributed by atoms with Gasteiger partial charge in [-0.15, -0.1) is 0 Å².